The number of methoxy groups -OCH3 is 2. The number of nitrogens with zero attached hydrogens (tertiary/aromatic N) is 2. The van der Waals surface area contributed by atoms with Gasteiger partial charge in [-0.05, 0) is 31.2 Å². The maximum Gasteiger partial charge on any atom is 0.268 e. The van der Waals surface area contributed by atoms with Crippen LogP contribution in [-0.4, -0.2) is 41.1 Å². The molecule has 8 heteroatoms. The van der Waals surface area contributed by atoms with Gasteiger partial charge in [0.25, 0.3) is 10.0 Å². The Hall–Kier alpha value is -2.74. The number of rotatable bonds is 4. The average Bonchev–Trinajstić information content (AvgIpc) is 2.66. The van der Waals surface area contributed by atoms with E-state index < -0.39 is 10.0 Å². The molecule has 0 unspecified atom stereocenters. The number of amides is 1. The van der Waals surface area contributed by atoms with Crippen molar-refractivity contribution >= 4 is 27.3 Å². The van der Waals surface area contributed by atoms with Gasteiger partial charge in [0.15, 0.2) is 0 Å². The molecule has 1 aliphatic heterocycles. The molecule has 27 heavy (non-hydrogen) atoms. The topological polar surface area (TPSA) is 76.2 Å². The Morgan fingerprint density at radius 1 is 1.07 bits per heavy atom. The summed E-state index contributed by atoms with van der Waals surface area (Å²) < 4.78 is 38.8. The van der Waals surface area contributed by atoms with Gasteiger partial charge in [0.2, 0.25) is 5.91 Å². The Labute approximate surface area is 159 Å². The quantitative estimate of drug-likeness (QED) is 0.802. The third kappa shape index (κ3) is 3.21. The highest BCUT2D eigenvalue weighted by Crippen LogP contribution is 2.40. The Bertz CT molecular complexity index is 974. The minimum Gasteiger partial charge on any atom is -0.497 e. The van der Waals surface area contributed by atoms with Crippen molar-refractivity contribution in [3.8, 4) is 11.5 Å². The van der Waals surface area contributed by atoms with Gasteiger partial charge in [0.1, 0.15) is 16.4 Å². The number of benzene rings is 2. The molecular formula is C19H22N2O5S. The molecule has 0 radical (unpaired) electrons. The lowest BCUT2D eigenvalue weighted by molar-refractivity contribution is -0.117. The predicted molar refractivity (Wildman–Crippen MR) is 103 cm³/mol. The normalized spacial score (nSPS) is 16.7. The molecule has 1 amide bonds. The van der Waals surface area contributed by atoms with Crippen molar-refractivity contribution in [1.29, 1.82) is 0 Å². The number of carbonyl (C=O) groups excluding carboxylic acids is 1. The highest BCUT2D eigenvalue weighted by Gasteiger charge is 2.38. The zero-order valence-corrected chi connectivity index (χ0v) is 16.5. The molecule has 0 fully saturated rings. The fraction of sp³-hybridized carbons (Fsp3) is 0.316. The molecule has 0 saturated heterocycles. The molecule has 0 spiro atoms. The summed E-state index contributed by atoms with van der Waals surface area (Å²) in [5, 5.41) is 0. The van der Waals surface area contributed by atoms with Gasteiger partial charge in [0, 0.05) is 13.0 Å². The second-order valence-corrected chi connectivity index (χ2v) is 8.11. The lowest BCUT2D eigenvalue weighted by Crippen LogP contribution is -2.51. The van der Waals surface area contributed by atoms with Crippen LogP contribution in [0.4, 0.5) is 11.4 Å². The van der Waals surface area contributed by atoms with Crippen molar-refractivity contribution in [2.75, 3.05) is 30.0 Å². The fourth-order valence-electron chi connectivity index (χ4n) is 3.35. The van der Waals surface area contributed by atoms with Crippen molar-refractivity contribution in [1.82, 2.24) is 0 Å². The van der Waals surface area contributed by atoms with E-state index in [-0.39, 0.29) is 29.1 Å². The van der Waals surface area contributed by atoms with Crippen LogP contribution in [0.3, 0.4) is 0 Å². The molecule has 144 valence electrons. The number of ether oxygens (including phenoxy) is 2. The molecule has 7 nitrogen and oxygen atoms in total. The van der Waals surface area contributed by atoms with Crippen molar-refractivity contribution in [2.45, 2.75) is 24.8 Å². The largest absolute Gasteiger partial charge is 0.497 e. The predicted octanol–water partition coefficient (Wildman–Crippen LogP) is 2.65. The minimum atomic E-state index is -3.94. The summed E-state index contributed by atoms with van der Waals surface area (Å²) in [5.41, 5.74) is 1.02. The van der Waals surface area contributed by atoms with Gasteiger partial charge in [-0.3, -0.25) is 9.10 Å². The molecule has 3 rings (SSSR count). The van der Waals surface area contributed by atoms with Crippen molar-refractivity contribution < 1.29 is 22.7 Å². The first-order valence-electron chi connectivity index (χ1n) is 8.45. The van der Waals surface area contributed by atoms with E-state index >= 15 is 0 Å². The Morgan fingerprint density at radius 3 is 2.33 bits per heavy atom. The standard InChI is InChI=1S/C19H22N2O5S/c1-13-12-20(16-7-5-6-8-17(16)21(13)14(2)22)27(23,24)19-11-15(25-3)9-10-18(19)26-4/h5-11,13H,12H2,1-4H3/t13-/m0/s1. The summed E-state index contributed by atoms with van der Waals surface area (Å²) >= 11 is 0. The molecule has 1 aliphatic rings. The molecule has 0 saturated carbocycles. The maximum absolute atomic E-state index is 13.5. The number of hydrogen-bond donors (Lipinski definition) is 0. The average molecular weight is 390 g/mol. The first-order valence-corrected chi connectivity index (χ1v) is 9.89. The van der Waals surface area contributed by atoms with Gasteiger partial charge in [-0.15, -0.1) is 0 Å². The van der Waals surface area contributed by atoms with E-state index in [9.17, 15) is 13.2 Å². The molecule has 2 aromatic rings. The summed E-state index contributed by atoms with van der Waals surface area (Å²) in [6.45, 7) is 3.44. The van der Waals surface area contributed by atoms with E-state index in [1.54, 1.807) is 41.3 Å². The molecule has 1 atom stereocenters. The van der Waals surface area contributed by atoms with E-state index in [1.165, 1.54) is 31.5 Å². The van der Waals surface area contributed by atoms with Crippen LogP contribution in [0, 0.1) is 0 Å². The highest BCUT2D eigenvalue weighted by molar-refractivity contribution is 7.93. The number of fused-ring (bicyclic) bond motifs is 1. The second kappa shape index (κ2) is 7.11. The summed E-state index contributed by atoms with van der Waals surface area (Å²) in [6.07, 6.45) is 0. The van der Waals surface area contributed by atoms with Gasteiger partial charge in [-0.25, -0.2) is 8.42 Å². The SMILES string of the molecule is COc1ccc(OC)c(S(=O)(=O)N2C[C@H](C)N(C(C)=O)c3ccccc32)c1. The van der Waals surface area contributed by atoms with E-state index in [0.29, 0.717) is 17.1 Å². The molecule has 2 aromatic carbocycles. The number of anilines is 2. The Balaban J connectivity index is 2.18. The number of carbonyl (C=O) groups is 1. The number of para-hydroxylation sites is 2. The highest BCUT2D eigenvalue weighted by atomic mass is 32.2. The van der Waals surface area contributed by atoms with Crippen LogP contribution in [0.2, 0.25) is 0 Å². The van der Waals surface area contributed by atoms with E-state index in [0.717, 1.165) is 0 Å². The van der Waals surface area contributed by atoms with Crippen LogP contribution in [-0.2, 0) is 14.8 Å². The first kappa shape index (κ1) is 19.0. The van der Waals surface area contributed by atoms with Crippen LogP contribution in [0.15, 0.2) is 47.4 Å². The second-order valence-electron chi connectivity index (χ2n) is 6.28. The number of sulfonamides is 1. The Morgan fingerprint density at radius 2 is 1.74 bits per heavy atom. The van der Waals surface area contributed by atoms with Crippen LogP contribution < -0.4 is 18.7 Å². The van der Waals surface area contributed by atoms with Gasteiger partial charge < -0.3 is 14.4 Å². The fourth-order valence-corrected chi connectivity index (χ4v) is 5.08. The maximum atomic E-state index is 13.5. The lowest BCUT2D eigenvalue weighted by Gasteiger charge is -2.41. The van der Waals surface area contributed by atoms with E-state index in [2.05, 4.69) is 0 Å². The van der Waals surface area contributed by atoms with Crippen LogP contribution in [0.1, 0.15) is 13.8 Å². The Kier molecular flexibility index (Phi) is 5.01. The molecule has 0 bridgehead atoms. The number of hydrogen-bond acceptors (Lipinski definition) is 5. The van der Waals surface area contributed by atoms with E-state index in [1.807, 2.05) is 6.92 Å². The smallest absolute Gasteiger partial charge is 0.268 e. The summed E-state index contributed by atoms with van der Waals surface area (Å²) in [7, 11) is -1.05. The zero-order chi connectivity index (χ0) is 19.8. The molecular weight excluding hydrogens is 368 g/mol. The van der Waals surface area contributed by atoms with Gasteiger partial charge in [0.05, 0.1) is 38.2 Å². The molecule has 0 N–H and O–H groups in total. The van der Waals surface area contributed by atoms with Gasteiger partial charge in [-0.1, -0.05) is 12.1 Å². The monoisotopic (exact) mass is 390 g/mol. The van der Waals surface area contributed by atoms with E-state index in [4.69, 9.17) is 9.47 Å². The van der Waals surface area contributed by atoms with Crippen molar-refractivity contribution in [3.63, 3.8) is 0 Å². The third-order valence-electron chi connectivity index (χ3n) is 4.56. The third-order valence-corrected chi connectivity index (χ3v) is 6.36. The van der Waals surface area contributed by atoms with Crippen LogP contribution in [0.5, 0.6) is 11.5 Å². The minimum absolute atomic E-state index is 0.0163. The first-order chi connectivity index (χ1) is 12.8. The van der Waals surface area contributed by atoms with Gasteiger partial charge >= 0.3 is 0 Å². The zero-order valence-electron chi connectivity index (χ0n) is 15.7. The van der Waals surface area contributed by atoms with Crippen LogP contribution in [0.25, 0.3) is 0 Å². The van der Waals surface area contributed by atoms with Crippen molar-refractivity contribution in [2.24, 2.45) is 0 Å². The van der Waals surface area contributed by atoms with Gasteiger partial charge in [-0.2, -0.15) is 0 Å². The van der Waals surface area contributed by atoms with Crippen molar-refractivity contribution in [3.05, 3.63) is 42.5 Å². The molecule has 0 aliphatic carbocycles. The summed E-state index contributed by atoms with van der Waals surface area (Å²) in [6, 6.07) is 11.3. The summed E-state index contributed by atoms with van der Waals surface area (Å²) in [4.78, 5) is 13.7. The lowest BCUT2D eigenvalue weighted by atomic mass is 10.1. The molecule has 0 aromatic heterocycles. The summed E-state index contributed by atoms with van der Waals surface area (Å²) in [5.74, 6) is 0.513. The van der Waals surface area contributed by atoms with Crippen LogP contribution >= 0.6 is 0 Å². The molecule has 1 heterocycles.